The Labute approximate surface area is 72.0 Å². The predicted octanol–water partition coefficient (Wildman–Crippen LogP) is 3.04. The van der Waals surface area contributed by atoms with E-state index >= 15 is 0 Å². The van der Waals surface area contributed by atoms with E-state index in [4.69, 9.17) is 4.18 Å². The lowest BCUT2D eigenvalue weighted by Crippen LogP contribution is -1.81. The van der Waals surface area contributed by atoms with Gasteiger partial charge < -0.3 is 4.18 Å². The molecule has 0 N–H and O–H groups in total. The van der Waals surface area contributed by atoms with Gasteiger partial charge in [0, 0.05) is 16.9 Å². The van der Waals surface area contributed by atoms with E-state index in [1.807, 2.05) is 19.1 Å². The number of benzene rings is 1. The Kier molecular flexibility index (Phi) is 3.46. The summed E-state index contributed by atoms with van der Waals surface area (Å²) in [6.07, 6.45) is 0. The average Bonchev–Trinajstić information content (AvgIpc) is 2.03. The lowest BCUT2D eigenvalue weighted by Gasteiger charge is -2.02. The fraction of sp³-hybridized carbons (Fsp3) is 0.333. The molecule has 0 unspecified atom stereocenters. The van der Waals surface area contributed by atoms with Crippen molar-refractivity contribution < 1.29 is 4.18 Å². The second-order valence-electron chi connectivity index (χ2n) is 2.26. The molecule has 0 saturated carbocycles. The summed E-state index contributed by atoms with van der Waals surface area (Å²) in [5.74, 6) is 0. The monoisotopic (exact) mass is 169 g/mol. The highest BCUT2D eigenvalue weighted by Gasteiger charge is 1.95. The first-order valence-electron chi connectivity index (χ1n) is 3.69. The minimum Gasteiger partial charge on any atom is -0.311 e. The summed E-state index contributed by atoms with van der Waals surface area (Å²) in [4.78, 5) is 1.20. The molecule has 1 nitrogen and oxygen atoms in total. The average molecular weight is 169 g/mol. The van der Waals surface area contributed by atoms with E-state index in [2.05, 4.69) is 19.1 Å². The van der Waals surface area contributed by atoms with Gasteiger partial charge in [0.25, 0.3) is 0 Å². The topological polar surface area (TPSA) is 9.23 Å². The summed E-state index contributed by atoms with van der Waals surface area (Å²) in [5, 5.41) is 0. The van der Waals surface area contributed by atoms with Crippen molar-refractivity contribution in [1.29, 1.82) is 0 Å². The first kappa shape index (κ1) is 8.62. The Hall–Kier alpha value is -0.470. The van der Waals surface area contributed by atoms with Crippen LogP contribution in [0.3, 0.4) is 0 Å². The third-order valence-corrected chi connectivity index (χ3v) is 2.35. The van der Waals surface area contributed by atoms with Crippen molar-refractivity contribution in [3.05, 3.63) is 29.8 Å². The zero-order chi connectivity index (χ0) is 8.10. The lowest BCUT2D eigenvalue weighted by molar-refractivity contribution is 0.401. The Morgan fingerprint density at radius 3 is 2.73 bits per heavy atom. The second-order valence-corrected chi connectivity index (χ2v) is 3.10. The van der Waals surface area contributed by atoms with Gasteiger partial charge in [-0.1, -0.05) is 18.2 Å². The van der Waals surface area contributed by atoms with Crippen molar-refractivity contribution in [1.82, 2.24) is 0 Å². The molecule has 0 fully saturated rings. The Morgan fingerprint density at radius 2 is 2.09 bits per heavy atom. The molecule has 0 atom stereocenters. The molecule has 0 bridgehead atoms. The highest BCUT2D eigenvalue weighted by Crippen LogP contribution is 2.21. The van der Waals surface area contributed by atoms with Crippen LogP contribution in [0.1, 0.15) is 12.5 Å². The van der Waals surface area contributed by atoms with Gasteiger partial charge in [0.1, 0.15) is 0 Å². The largest absolute Gasteiger partial charge is 0.311 e. The molecule has 0 amide bonds. The maximum Gasteiger partial charge on any atom is 0.0590 e. The molecule has 11 heavy (non-hydrogen) atoms. The van der Waals surface area contributed by atoms with Crippen LogP contribution >= 0.6 is 12.0 Å². The number of hydrogen-bond donors (Lipinski definition) is 0. The van der Waals surface area contributed by atoms with E-state index in [1.54, 1.807) is 0 Å². The quantitative estimate of drug-likeness (QED) is 0.508. The summed E-state index contributed by atoms with van der Waals surface area (Å²) in [7, 11) is 0. The molecule has 0 radical (unpaired) electrons. The van der Waals surface area contributed by atoms with E-state index in [0.29, 0.717) is 0 Å². The number of hydrogen-bond acceptors (Lipinski definition) is 2. The third kappa shape index (κ3) is 2.56. The van der Waals surface area contributed by atoms with Gasteiger partial charge in [-0.15, -0.1) is 0 Å². The van der Waals surface area contributed by atoms with Crippen molar-refractivity contribution in [2.24, 2.45) is 0 Å². The summed E-state index contributed by atoms with van der Waals surface area (Å²) < 4.78 is 5.22. The zero-order valence-electron chi connectivity index (χ0n) is 6.83. The van der Waals surface area contributed by atoms with E-state index in [9.17, 15) is 0 Å². The summed E-state index contributed by atoms with van der Waals surface area (Å²) >= 11 is 1.45. The predicted molar refractivity (Wildman–Crippen MR) is 48.7 cm³/mol. The SMILES string of the molecule is CCOSc1ccccc1[13CH3]. The van der Waals surface area contributed by atoms with E-state index in [0.717, 1.165) is 6.61 Å². The van der Waals surface area contributed by atoms with Gasteiger partial charge in [0.05, 0.1) is 6.61 Å². The molecule has 0 saturated heterocycles. The van der Waals surface area contributed by atoms with Crippen molar-refractivity contribution in [2.45, 2.75) is 18.7 Å². The van der Waals surface area contributed by atoms with Crippen LogP contribution in [-0.2, 0) is 4.18 Å². The first-order valence-corrected chi connectivity index (χ1v) is 4.44. The molecular formula is C9H12OS. The highest BCUT2D eigenvalue weighted by atomic mass is 32.2. The number of rotatable bonds is 3. The highest BCUT2D eigenvalue weighted by molar-refractivity contribution is 7.94. The fourth-order valence-corrected chi connectivity index (χ4v) is 1.35. The van der Waals surface area contributed by atoms with Gasteiger partial charge in [0.15, 0.2) is 0 Å². The van der Waals surface area contributed by atoms with Crippen LogP contribution in [-0.4, -0.2) is 6.61 Å². The standard InChI is InChI=1S/C9H12OS/c1-3-10-11-9-7-5-4-6-8(9)2/h4-7H,3H2,1-2H3/i2+1. The summed E-state index contributed by atoms with van der Waals surface area (Å²) in [5.41, 5.74) is 1.27. The molecule has 0 aliphatic rings. The number of aryl methyl sites for hydroxylation is 1. The van der Waals surface area contributed by atoms with Gasteiger partial charge in [-0.3, -0.25) is 0 Å². The van der Waals surface area contributed by atoms with Crippen LogP contribution in [0.25, 0.3) is 0 Å². The molecule has 0 aliphatic heterocycles. The van der Waals surface area contributed by atoms with Crippen LogP contribution in [0.2, 0.25) is 0 Å². The maximum absolute atomic E-state index is 5.22. The Morgan fingerprint density at radius 1 is 1.36 bits per heavy atom. The van der Waals surface area contributed by atoms with Crippen LogP contribution in [0.5, 0.6) is 0 Å². The molecule has 0 aromatic heterocycles. The first-order chi connectivity index (χ1) is 5.34. The third-order valence-electron chi connectivity index (χ3n) is 1.36. The molecule has 1 rings (SSSR count). The van der Waals surface area contributed by atoms with Gasteiger partial charge in [-0.2, -0.15) is 0 Å². The minimum absolute atomic E-state index is 0.749. The molecule has 0 aliphatic carbocycles. The second kappa shape index (κ2) is 4.42. The molecule has 60 valence electrons. The van der Waals surface area contributed by atoms with Crippen molar-refractivity contribution >= 4 is 12.0 Å². The fourth-order valence-electron chi connectivity index (χ4n) is 0.772. The minimum atomic E-state index is 0.749. The lowest BCUT2D eigenvalue weighted by atomic mass is 10.3. The van der Waals surface area contributed by atoms with Crippen molar-refractivity contribution in [3.63, 3.8) is 0 Å². The smallest absolute Gasteiger partial charge is 0.0590 e. The normalized spacial score (nSPS) is 10.0. The summed E-state index contributed by atoms with van der Waals surface area (Å²) in [6.45, 7) is 4.83. The zero-order valence-corrected chi connectivity index (χ0v) is 7.65. The van der Waals surface area contributed by atoms with E-state index in [1.165, 1.54) is 22.5 Å². The molecule has 0 spiro atoms. The van der Waals surface area contributed by atoms with Crippen LogP contribution in [0.15, 0.2) is 29.2 Å². The molecule has 1 aromatic rings. The van der Waals surface area contributed by atoms with Gasteiger partial charge in [-0.05, 0) is 25.5 Å². The maximum atomic E-state index is 5.22. The molecule has 0 heterocycles. The Balaban J connectivity index is 2.62. The summed E-state index contributed by atoms with van der Waals surface area (Å²) in [6, 6.07) is 8.21. The van der Waals surface area contributed by atoms with Crippen molar-refractivity contribution in [3.8, 4) is 0 Å². The molecule has 1 aromatic carbocycles. The van der Waals surface area contributed by atoms with E-state index < -0.39 is 0 Å². The van der Waals surface area contributed by atoms with E-state index in [-0.39, 0.29) is 0 Å². The Bertz CT molecular complexity index is 223. The van der Waals surface area contributed by atoms with Crippen LogP contribution in [0, 0.1) is 6.92 Å². The van der Waals surface area contributed by atoms with Gasteiger partial charge >= 0.3 is 0 Å². The van der Waals surface area contributed by atoms with Crippen LogP contribution < -0.4 is 0 Å². The van der Waals surface area contributed by atoms with Gasteiger partial charge in [-0.25, -0.2) is 0 Å². The van der Waals surface area contributed by atoms with Gasteiger partial charge in [0.2, 0.25) is 0 Å². The molecule has 2 heteroatoms. The molecular weight excluding hydrogens is 157 g/mol. The van der Waals surface area contributed by atoms with Crippen LogP contribution in [0.4, 0.5) is 0 Å². The van der Waals surface area contributed by atoms with Crippen molar-refractivity contribution in [2.75, 3.05) is 6.61 Å².